The molecule has 0 aliphatic carbocycles. The number of carbonyl (C=O) groups excluding carboxylic acids is 1. The number of aromatic nitrogens is 4. The van der Waals surface area contributed by atoms with E-state index in [9.17, 15) is 4.79 Å². The Kier molecular flexibility index (Phi) is 13.1. The van der Waals surface area contributed by atoms with Crippen LogP contribution >= 0.6 is 0 Å². The van der Waals surface area contributed by atoms with Crippen LogP contribution in [-0.2, 0) is 17.6 Å². The van der Waals surface area contributed by atoms with Crippen molar-refractivity contribution >= 4 is 5.78 Å². The van der Waals surface area contributed by atoms with Crippen LogP contribution in [0.25, 0.3) is 0 Å². The average molecular weight is 567 g/mol. The molecule has 0 bridgehead atoms. The molecule has 0 N–H and O–H groups in total. The minimum absolute atomic E-state index is 0.362. The maximum atomic E-state index is 12.4. The van der Waals surface area contributed by atoms with Gasteiger partial charge in [-0.15, -0.1) is 0 Å². The van der Waals surface area contributed by atoms with E-state index in [1.807, 2.05) is 25.0 Å². The van der Waals surface area contributed by atoms with Crippen LogP contribution in [0.5, 0.6) is 0 Å². The van der Waals surface area contributed by atoms with Gasteiger partial charge in [0.2, 0.25) is 0 Å². The van der Waals surface area contributed by atoms with Gasteiger partial charge in [0.1, 0.15) is 5.78 Å². The van der Waals surface area contributed by atoms with Gasteiger partial charge in [-0.05, 0) is 73.6 Å². The van der Waals surface area contributed by atoms with E-state index in [4.69, 9.17) is 0 Å². The third-order valence-corrected chi connectivity index (χ3v) is 8.46. The lowest BCUT2D eigenvalue weighted by molar-refractivity contribution is -0.119. The Hall–Kier alpha value is -3.47. The predicted molar refractivity (Wildman–Crippen MR) is 173 cm³/mol. The lowest BCUT2D eigenvalue weighted by Crippen LogP contribution is -2.08. The molecule has 4 rings (SSSR count). The average Bonchev–Trinajstić information content (AvgIpc) is 3.75. The van der Waals surface area contributed by atoms with Crippen molar-refractivity contribution in [3.8, 4) is 0 Å². The van der Waals surface area contributed by atoms with Gasteiger partial charge in [-0.1, -0.05) is 88.1 Å². The zero-order chi connectivity index (χ0) is 29.4. The Bertz CT molecular complexity index is 1160. The Labute approximate surface area is 253 Å². The van der Waals surface area contributed by atoms with E-state index in [1.165, 1.54) is 22.3 Å². The SMILES string of the molecule is CCCC(c1ccc(CCCCCC(=O)CCCCCc2ccc(C(CCC)n3ccnc3)cc2)cc1)n1ccnc1. The minimum atomic E-state index is 0.362. The number of hydrogen-bond donors (Lipinski definition) is 0. The van der Waals surface area contributed by atoms with Gasteiger partial charge in [-0.25, -0.2) is 9.97 Å². The summed E-state index contributed by atoms with van der Waals surface area (Å²) >= 11 is 0. The summed E-state index contributed by atoms with van der Waals surface area (Å²) in [6.45, 7) is 4.47. The first kappa shape index (κ1) is 31.5. The maximum Gasteiger partial charge on any atom is 0.132 e. The maximum absolute atomic E-state index is 12.4. The monoisotopic (exact) mass is 566 g/mol. The molecule has 2 aromatic carbocycles. The largest absolute Gasteiger partial charge is 0.330 e. The number of unbranched alkanes of at least 4 members (excludes halogenated alkanes) is 4. The molecule has 2 aromatic heterocycles. The summed E-state index contributed by atoms with van der Waals surface area (Å²) in [5.74, 6) is 0.437. The highest BCUT2D eigenvalue weighted by atomic mass is 16.1. The van der Waals surface area contributed by atoms with Crippen molar-refractivity contribution in [2.75, 3.05) is 0 Å². The van der Waals surface area contributed by atoms with Crippen molar-refractivity contribution < 1.29 is 4.79 Å². The summed E-state index contributed by atoms with van der Waals surface area (Å²) in [5, 5.41) is 0. The summed E-state index contributed by atoms with van der Waals surface area (Å²) in [6.07, 6.45) is 26.4. The van der Waals surface area contributed by atoms with Crippen molar-refractivity contribution in [2.24, 2.45) is 0 Å². The Balaban J connectivity index is 1.06. The predicted octanol–water partition coefficient (Wildman–Crippen LogP) is 9.33. The summed E-state index contributed by atoms with van der Waals surface area (Å²) < 4.78 is 4.42. The lowest BCUT2D eigenvalue weighted by Gasteiger charge is -2.18. The Morgan fingerprint density at radius 3 is 1.40 bits per heavy atom. The highest BCUT2D eigenvalue weighted by molar-refractivity contribution is 5.78. The number of benzene rings is 2. The molecule has 0 aliphatic rings. The van der Waals surface area contributed by atoms with E-state index in [0.717, 1.165) is 89.9 Å². The molecule has 0 amide bonds. The van der Waals surface area contributed by atoms with Gasteiger partial charge in [0.25, 0.3) is 0 Å². The molecule has 0 radical (unpaired) electrons. The third kappa shape index (κ3) is 9.82. The highest BCUT2D eigenvalue weighted by Gasteiger charge is 2.13. The fourth-order valence-corrected chi connectivity index (χ4v) is 6.02. The van der Waals surface area contributed by atoms with Crippen molar-refractivity contribution in [1.29, 1.82) is 0 Å². The fraction of sp³-hybridized carbons (Fsp3) is 0.486. The zero-order valence-corrected chi connectivity index (χ0v) is 25.8. The van der Waals surface area contributed by atoms with Crippen molar-refractivity contribution in [3.05, 3.63) is 108 Å². The molecule has 4 aromatic rings. The van der Waals surface area contributed by atoms with Gasteiger partial charge in [0.05, 0.1) is 24.7 Å². The normalized spacial score (nSPS) is 12.8. The molecule has 224 valence electrons. The molecule has 0 saturated heterocycles. The molecule has 0 aliphatic heterocycles. The van der Waals surface area contributed by atoms with Gasteiger partial charge >= 0.3 is 0 Å². The molecule has 0 saturated carbocycles. The number of rotatable bonds is 20. The molecule has 0 spiro atoms. The van der Waals surface area contributed by atoms with Crippen LogP contribution in [0, 0.1) is 0 Å². The quantitative estimate of drug-likeness (QED) is 0.100. The number of nitrogens with zero attached hydrogens (tertiary/aromatic N) is 4. The fourth-order valence-electron chi connectivity index (χ4n) is 6.02. The van der Waals surface area contributed by atoms with Gasteiger partial charge in [-0.2, -0.15) is 0 Å². The van der Waals surface area contributed by atoms with Gasteiger partial charge in [-0.3, -0.25) is 4.79 Å². The van der Waals surface area contributed by atoms with E-state index < -0.39 is 0 Å². The number of imidazole rings is 2. The van der Waals surface area contributed by atoms with Crippen molar-refractivity contribution in [3.63, 3.8) is 0 Å². The van der Waals surface area contributed by atoms with E-state index in [0.29, 0.717) is 17.9 Å². The number of Topliss-reactive ketones (excluding diaryl/α,β-unsaturated/α-hetero) is 1. The van der Waals surface area contributed by atoms with Crippen LogP contribution in [0.2, 0.25) is 0 Å². The molecular formula is C37H50N4O. The number of carbonyl (C=O) groups is 1. The van der Waals surface area contributed by atoms with E-state index in [1.54, 1.807) is 0 Å². The third-order valence-electron chi connectivity index (χ3n) is 8.46. The lowest BCUT2D eigenvalue weighted by atomic mass is 9.98. The molecular weight excluding hydrogens is 516 g/mol. The molecule has 5 nitrogen and oxygen atoms in total. The second-order valence-corrected chi connectivity index (χ2v) is 11.8. The van der Waals surface area contributed by atoms with Crippen LogP contribution in [0.4, 0.5) is 0 Å². The second-order valence-electron chi connectivity index (χ2n) is 11.8. The molecule has 42 heavy (non-hydrogen) atoms. The first-order valence-corrected chi connectivity index (χ1v) is 16.3. The molecule has 2 atom stereocenters. The highest BCUT2D eigenvalue weighted by Crippen LogP contribution is 2.25. The van der Waals surface area contributed by atoms with Crippen LogP contribution in [0.15, 0.2) is 86.0 Å². The number of hydrogen-bond acceptors (Lipinski definition) is 3. The van der Waals surface area contributed by atoms with E-state index in [-0.39, 0.29) is 0 Å². The topological polar surface area (TPSA) is 52.7 Å². The first-order valence-electron chi connectivity index (χ1n) is 16.3. The number of aryl methyl sites for hydroxylation is 2. The minimum Gasteiger partial charge on any atom is -0.330 e. The van der Waals surface area contributed by atoms with Crippen molar-refractivity contribution in [2.45, 2.75) is 116 Å². The molecule has 5 heteroatoms. The Morgan fingerprint density at radius 1 is 0.619 bits per heavy atom. The molecule has 2 unspecified atom stereocenters. The Morgan fingerprint density at radius 2 is 1.05 bits per heavy atom. The smallest absolute Gasteiger partial charge is 0.132 e. The van der Waals surface area contributed by atoms with E-state index >= 15 is 0 Å². The number of ketones is 1. The summed E-state index contributed by atoms with van der Waals surface area (Å²) in [6, 6.07) is 18.9. The van der Waals surface area contributed by atoms with E-state index in [2.05, 4.69) is 93.9 Å². The second kappa shape index (κ2) is 17.5. The first-order chi connectivity index (χ1) is 20.7. The molecule has 0 fully saturated rings. The molecule has 2 heterocycles. The van der Waals surface area contributed by atoms with Gasteiger partial charge in [0, 0.05) is 37.6 Å². The van der Waals surface area contributed by atoms with Gasteiger partial charge in [0.15, 0.2) is 0 Å². The van der Waals surface area contributed by atoms with Crippen LogP contribution in [-0.4, -0.2) is 24.9 Å². The van der Waals surface area contributed by atoms with Crippen LogP contribution < -0.4 is 0 Å². The zero-order valence-electron chi connectivity index (χ0n) is 25.8. The standard InChI is InChI=1S/C37H50N4O/c1-3-11-36(40-27-25-38-29-40)33-21-17-31(18-22-33)13-7-5-9-15-35(42)16-10-6-8-14-32-19-23-34(24-20-32)37(12-4-2)41-28-26-39-30-41/h17-30,36-37H,3-16H2,1-2H3. The summed E-state index contributed by atoms with van der Waals surface area (Å²) in [5.41, 5.74) is 5.48. The summed E-state index contributed by atoms with van der Waals surface area (Å²) in [7, 11) is 0. The summed E-state index contributed by atoms with van der Waals surface area (Å²) in [4.78, 5) is 20.9. The van der Waals surface area contributed by atoms with Crippen LogP contribution in [0.1, 0.15) is 125 Å². The van der Waals surface area contributed by atoms with Crippen molar-refractivity contribution in [1.82, 2.24) is 19.1 Å². The van der Waals surface area contributed by atoms with Crippen LogP contribution in [0.3, 0.4) is 0 Å². The van der Waals surface area contributed by atoms with Gasteiger partial charge < -0.3 is 9.13 Å².